The first-order valence-corrected chi connectivity index (χ1v) is 8.75. The molecule has 1 fully saturated rings. The van der Waals surface area contributed by atoms with Crippen molar-refractivity contribution >= 4 is 5.96 Å². The van der Waals surface area contributed by atoms with Crippen LogP contribution >= 0.6 is 0 Å². The molecule has 4 nitrogen and oxygen atoms in total. The molecule has 1 aromatic carbocycles. The maximum atomic E-state index is 12.8. The Labute approximate surface area is 147 Å². The summed E-state index contributed by atoms with van der Waals surface area (Å²) in [6.07, 6.45) is -1.99. The van der Waals surface area contributed by atoms with Gasteiger partial charge in [-0.2, -0.15) is 13.2 Å². The average Bonchev–Trinajstić information content (AvgIpc) is 3.02. The molecule has 1 heterocycles. The Kier molecular flexibility index (Phi) is 7.11. The highest BCUT2D eigenvalue weighted by Gasteiger charge is 2.30. The van der Waals surface area contributed by atoms with Crippen molar-refractivity contribution in [3.8, 4) is 0 Å². The fourth-order valence-corrected chi connectivity index (χ4v) is 3.10. The molecule has 0 saturated carbocycles. The molecule has 1 saturated heterocycles. The Morgan fingerprint density at radius 2 is 2.12 bits per heavy atom. The Morgan fingerprint density at radius 1 is 1.32 bits per heavy atom. The Balaban J connectivity index is 1.79. The van der Waals surface area contributed by atoms with Crippen molar-refractivity contribution in [2.24, 2.45) is 10.9 Å². The van der Waals surface area contributed by atoms with E-state index in [9.17, 15) is 13.2 Å². The standard InChI is InChI=1S/C18H27F3N4/c1-3-8-25-9-7-15(13-25)12-24-17(22-2)23-11-14-5-4-6-16(10-14)18(19,20)21/h4-6,10,15H,3,7-9,11-13H2,1-2H3,(H2,22,23,24). The lowest BCUT2D eigenvalue weighted by Gasteiger charge is -2.17. The summed E-state index contributed by atoms with van der Waals surface area (Å²) >= 11 is 0. The highest BCUT2D eigenvalue weighted by Crippen LogP contribution is 2.29. The van der Waals surface area contributed by atoms with Gasteiger partial charge in [0.2, 0.25) is 0 Å². The minimum absolute atomic E-state index is 0.302. The van der Waals surface area contributed by atoms with Crippen LogP contribution in [-0.4, -0.2) is 44.1 Å². The zero-order valence-corrected chi connectivity index (χ0v) is 14.9. The summed E-state index contributed by atoms with van der Waals surface area (Å²) in [4.78, 5) is 6.61. The van der Waals surface area contributed by atoms with Gasteiger partial charge in [0.15, 0.2) is 5.96 Å². The van der Waals surface area contributed by atoms with Crippen LogP contribution in [0.4, 0.5) is 13.2 Å². The number of hydrogen-bond acceptors (Lipinski definition) is 2. The van der Waals surface area contributed by atoms with Crippen molar-refractivity contribution in [1.29, 1.82) is 0 Å². The number of benzene rings is 1. The molecule has 0 bridgehead atoms. The van der Waals surface area contributed by atoms with Crippen molar-refractivity contribution in [2.75, 3.05) is 33.2 Å². The van der Waals surface area contributed by atoms with Gasteiger partial charge >= 0.3 is 6.18 Å². The zero-order valence-electron chi connectivity index (χ0n) is 14.9. The van der Waals surface area contributed by atoms with Crippen LogP contribution in [0.1, 0.15) is 30.9 Å². The van der Waals surface area contributed by atoms with E-state index in [4.69, 9.17) is 0 Å². The van der Waals surface area contributed by atoms with Crippen molar-refractivity contribution in [2.45, 2.75) is 32.5 Å². The monoisotopic (exact) mass is 356 g/mol. The number of rotatable bonds is 6. The van der Waals surface area contributed by atoms with E-state index in [2.05, 4.69) is 27.4 Å². The molecular formula is C18H27F3N4. The van der Waals surface area contributed by atoms with E-state index in [0.29, 0.717) is 24.0 Å². The van der Waals surface area contributed by atoms with E-state index < -0.39 is 11.7 Å². The number of nitrogens with zero attached hydrogens (tertiary/aromatic N) is 2. The molecule has 140 valence electrons. The highest BCUT2D eigenvalue weighted by atomic mass is 19.4. The molecule has 0 aliphatic carbocycles. The van der Waals surface area contributed by atoms with Crippen LogP contribution in [0.3, 0.4) is 0 Å². The highest BCUT2D eigenvalue weighted by molar-refractivity contribution is 5.79. The number of guanidine groups is 1. The van der Waals surface area contributed by atoms with Crippen molar-refractivity contribution in [1.82, 2.24) is 15.5 Å². The summed E-state index contributed by atoms with van der Waals surface area (Å²) in [7, 11) is 1.67. The number of nitrogens with one attached hydrogen (secondary N) is 2. The first-order chi connectivity index (χ1) is 11.9. The molecule has 0 spiro atoms. The molecule has 1 unspecified atom stereocenters. The Bertz CT molecular complexity index is 572. The van der Waals surface area contributed by atoms with E-state index in [1.807, 2.05) is 0 Å². The third-order valence-electron chi connectivity index (χ3n) is 4.41. The first kappa shape index (κ1) is 19.6. The van der Waals surface area contributed by atoms with Gasteiger partial charge in [0.05, 0.1) is 5.56 Å². The van der Waals surface area contributed by atoms with Gasteiger partial charge in [0, 0.05) is 26.7 Å². The molecule has 2 N–H and O–H groups in total. The third kappa shape index (κ3) is 6.23. The minimum Gasteiger partial charge on any atom is -0.356 e. The summed E-state index contributed by atoms with van der Waals surface area (Å²) in [6.45, 7) is 6.67. The molecule has 1 atom stereocenters. The van der Waals surface area contributed by atoms with Gasteiger partial charge in [0.25, 0.3) is 0 Å². The SMILES string of the molecule is CCCN1CCC(CNC(=NC)NCc2cccc(C(F)(F)F)c2)C1. The van der Waals surface area contributed by atoms with Crippen molar-refractivity contribution < 1.29 is 13.2 Å². The second kappa shape index (κ2) is 9.08. The van der Waals surface area contributed by atoms with Crippen LogP contribution in [0.15, 0.2) is 29.3 Å². The molecule has 0 aromatic heterocycles. The third-order valence-corrected chi connectivity index (χ3v) is 4.41. The number of halogens is 3. The lowest BCUT2D eigenvalue weighted by Crippen LogP contribution is -2.40. The molecule has 1 aromatic rings. The van der Waals surface area contributed by atoms with Gasteiger partial charge in [-0.1, -0.05) is 19.1 Å². The van der Waals surface area contributed by atoms with Crippen molar-refractivity contribution in [3.05, 3.63) is 35.4 Å². The molecule has 0 radical (unpaired) electrons. The lowest BCUT2D eigenvalue weighted by molar-refractivity contribution is -0.137. The molecule has 1 aliphatic rings. The minimum atomic E-state index is -4.32. The van der Waals surface area contributed by atoms with Gasteiger partial charge in [-0.15, -0.1) is 0 Å². The summed E-state index contributed by atoms with van der Waals surface area (Å²) < 4.78 is 38.3. The zero-order chi connectivity index (χ0) is 18.3. The predicted octanol–water partition coefficient (Wildman–Crippen LogP) is 3.10. The van der Waals surface area contributed by atoms with E-state index in [0.717, 1.165) is 38.7 Å². The summed E-state index contributed by atoms with van der Waals surface area (Å²) in [6, 6.07) is 5.35. The van der Waals surface area contributed by atoms with E-state index in [1.54, 1.807) is 13.1 Å². The quantitative estimate of drug-likeness (QED) is 0.608. The van der Waals surface area contributed by atoms with E-state index in [-0.39, 0.29) is 0 Å². The normalized spacial score (nSPS) is 19.2. The Hall–Kier alpha value is -1.76. The molecule has 7 heteroatoms. The molecule has 2 rings (SSSR count). The maximum absolute atomic E-state index is 12.8. The molecule has 0 amide bonds. The smallest absolute Gasteiger partial charge is 0.356 e. The van der Waals surface area contributed by atoms with E-state index >= 15 is 0 Å². The Morgan fingerprint density at radius 3 is 2.80 bits per heavy atom. The summed E-state index contributed by atoms with van der Waals surface area (Å²) in [5.74, 6) is 1.20. The second-order valence-corrected chi connectivity index (χ2v) is 6.46. The first-order valence-electron chi connectivity index (χ1n) is 8.75. The van der Waals surface area contributed by atoms with Gasteiger partial charge in [-0.25, -0.2) is 0 Å². The largest absolute Gasteiger partial charge is 0.416 e. The van der Waals surface area contributed by atoms with Crippen LogP contribution in [-0.2, 0) is 12.7 Å². The van der Waals surface area contributed by atoms with Crippen LogP contribution < -0.4 is 10.6 Å². The van der Waals surface area contributed by atoms with Gasteiger partial charge in [-0.05, 0) is 49.5 Å². The number of alkyl halides is 3. The predicted molar refractivity (Wildman–Crippen MR) is 94.5 cm³/mol. The van der Waals surface area contributed by atoms with Crippen LogP contribution in [0.25, 0.3) is 0 Å². The average molecular weight is 356 g/mol. The van der Waals surface area contributed by atoms with Gasteiger partial charge in [0.1, 0.15) is 0 Å². The van der Waals surface area contributed by atoms with Crippen LogP contribution in [0.2, 0.25) is 0 Å². The fraction of sp³-hybridized carbons (Fsp3) is 0.611. The van der Waals surface area contributed by atoms with E-state index in [1.165, 1.54) is 18.6 Å². The number of likely N-dealkylation sites (tertiary alicyclic amines) is 1. The molecule has 1 aliphatic heterocycles. The maximum Gasteiger partial charge on any atom is 0.416 e. The second-order valence-electron chi connectivity index (χ2n) is 6.46. The molecule has 25 heavy (non-hydrogen) atoms. The fourth-order valence-electron chi connectivity index (χ4n) is 3.10. The van der Waals surface area contributed by atoms with Crippen LogP contribution in [0, 0.1) is 5.92 Å². The number of hydrogen-bond donors (Lipinski definition) is 2. The van der Waals surface area contributed by atoms with Gasteiger partial charge < -0.3 is 15.5 Å². The lowest BCUT2D eigenvalue weighted by atomic mass is 10.1. The van der Waals surface area contributed by atoms with Crippen LogP contribution in [0.5, 0.6) is 0 Å². The molecular weight excluding hydrogens is 329 g/mol. The summed E-state index contributed by atoms with van der Waals surface area (Å²) in [5, 5.41) is 6.36. The topological polar surface area (TPSA) is 39.7 Å². The number of aliphatic imine (C=N–C) groups is 1. The summed E-state index contributed by atoms with van der Waals surface area (Å²) in [5.41, 5.74) is -0.0514. The van der Waals surface area contributed by atoms with Crippen molar-refractivity contribution in [3.63, 3.8) is 0 Å². The van der Waals surface area contributed by atoms with Gasteiger partial charge in [-0.3, -0.25) is 4.99 Å².